The molecule has 2 rings (SSSR count). The number of aromatic hydroxyl groups is 1. The van der Waals surface area contributed by atoms with Gasteiger partial charge in [0, 0.05) is 0 Å². The topological polar surface area (TPSA) is 29.5 Å². The number of benzene rings is 2. The summed E-state index contributed by atoms with van der Waals surface area (Å²) in [6, 6.07) is 12.9. The van der Waals surface area contributed by atoms with E-state index in [1.807, 2.05) is 30.3 Å². The van der Waals surface area contributed by atoms with E-state index in [9.17, 15) is 5.11 Å². The molecule has 0 aliphatic rings. The summed E-state index contributed by atoms with van der Waals surface area (Å²) in [5, 5.41) is 9.85. The largest absolute Gasteiger partial charge is 0.507 e. The van der Waals surface area contributed by atoms with Crippen LogP contribution in [-0.4, -0.2) is 12.2 Å². The fourth-order valence-electron chi connectivity index (χ4n) is 1.65. The first-order valence-corrected chi connectivity index (χ1v) is 5.00. The molecule has 0 aliphatic heterocycles. The Morgan fingerprint density at radius 2 is 1.75 bits per heavy atom. The second kappa shape index (κ2) is 4.27. The standard InChI is InChI=1S/C14H13O2/c1-10-6-8-11(9-7-10)14-12(15)4-3-5-13(14)16-2/h3-9,15H,1H2,2H3. The molecule has 0 aliphatic carbocycles. The number of ether oxygens (including phenoxy) is 1. The van der Waals surface area contributed by atoms with E-state index < -0.39 is 0 Å². The molecule has 0 aromatic heterocycles. The molecule has 81 valence electrons. The lowest BCUT2D eigenvalue weighted by atomic mass is 10.0. The Morgan fingerprint density at radius 1 is 1.06 bits per heavy atom. The van der Waals surface area contributed by atoms with Crippen LogP contribution in [0.3, 0.4) is 0 Å². The van der Waals surface area contributed by atoms with Gasteiger partial charge in [0.15, 0.2) is 0 Å². The van der Waals surface area contributed by atoms with Crippen LogP contribution in [0.1, 0.15) is 5.56 Å². The number of phenolic OH excluding ortho intramolecular Hbond substituents is 1. The molecule has 0 amide bonds. The van der Waals surface area contributed by atoms with E-state index in [0.29, 0.717) is 11.3 Å². The van der Waals surface area contributed by atoms with Gasteiger partial charge in [0.2, 0.25) is 0 Å². The summed E-state index contributed by atoms with van der Waals surface area (Å²) in [6.07, 6.45) is 0. The van der Waals surface area contributed by atoms with Crippen LogP contribution in [0.5, 0.6) is 11.5 Å². The van der Waals surface area contributed by atoms with Crippen molar-refractivity contribution in [1.82, 2.24) is 0 Å². The number of phenols is 1. The first kappa shape index (κ1) is 10.6. The zero-order valence-corrected chi connectivity index (χ0v) is 9.10. The molecule has 2 aromatic carbocycles. The lowest BCUT2D eigenvalue weighted by Gasteiger charge is -2.10. The summed E-state index contributed by atoms with van der Waals surface area (Å²) in [6.45, 7) is 3.83. The average Bonchev–Trinajstić information content (AvgIpc) is 2.30. The lowest BCUT2D eigenvalue weighted by molar-refractivity contribution is 0.410. The van der Waals surface area contributed by atoms with Gasteiger partial charge < -0.3 is 9.84 Å². The van der Waals surface area contributed by atoms with Crippen molar-refractivity contribution in [3.8, 4) is 22.6 Å². The van der Waals surface area contributed by atoms with Gasteiger partial charge in [0.25, 0.3) is 0 Å². The monoisotopic (exact) mass is 213 g/mol. The summed E-state index contributed by atoms with van der Waals surface area (Å²) < 4.78 is 5.24. The number of hydrogen-bond donors (Lipinski definition) is 1. The van der Waals surface area contributed by atoms with Crippen molar-refractivity contribution in [3.63, 3.8) is 0 Å². The van der Waals surface area contributed by atoms with Gasteiger partial charge in [-0.05, 0) is 30.2 Å². The third-order valence-corrected chi connectivity index (χ3v) is 2.47. The minimum Gasteiger partial charge on any atom is -0.507 e. The predicted octanol–water partition coefficient (Wildman–Crippen LogP) is 3.25. The van der Waals surface area contributed by atoms with E-state index in [-0.39, 0.29) is 5.75 Å². The zero-order valence-electron chi connectivity index (χ0n) is 9.10. The van der Waals surface area contributed by atoms with Crippen molar-refractivity contribution < 1.29 is 9.84 Å². The van der Waals surface area contributed by atoms with Crippen molar-refractivity contribution in [2.24, 2.45) is 0 Å². The summed E-state index contributed by atoms with van der Waals surface area (Å²) in [7, 11) is 1.59. The highest BCUT2D eigenvalue weighted by atomic mass is 16.5. The van der Waals surface area contributed by atoms with Gasteiger partial charge in [0.05, 0.1) is 12.7 Å². The molecule has 2 nitrogen and oxygen atoms in total. The maximum Gasteiger partial charge on any atom is 0.130 e. The van der Waals surface area contributed by atoms with Gasteiger partial charge in [0.1, 0.15) is 11.5 Å². The van der Waals surface area contributed by atoms with E-state index in [1.54, 1.807) is 19.2 Å². The molecule has 1 N–H and O–H groups in total. The minimum absolute atomic E-state index is 0.219. The first-order valence-electron chi connectivity index (χ1n) is 5.00. The third kappa shape index (κ3) is 1.87. The lowest BCUT2D eigenvalue weighted by Crippen LogP contribution is -1.88. The summed E-state index contributed by atoms with van der Waals surface area (Å²) in [5.74, 6) is 0.882. The Kier molecular flexibility index (Phi) is 2.82. The molecule has 0 fully saturated rings. The molecule has 0 saturated heterocycles. The van der Waals surface area contributed by atoms with Crippen LogP contribution >= 0.6 is 0 Å². The summed E-state index contributed by atoms with van der Waals surface area (Å²) >= 11 is 0. The molecule has 0 atom stereocenters. The van der Waals surface area contributed by atoms with Crippen LogP contribution in [0.25, 0.3) is 11.1 Å². The van der Waals surface area contributed by atoms with Crippen molar-refractivity contribution in [3.05, 3.63) is 55.0 Å². The highest BCUT2D eigenvalue weighted by Gasteiger charge is 2.09. The summed E-state index contributed by atoms with van der Waals surface area (Å²) in [4.78, 5) is 0. The van der Waals surface area contributed by atoms with E-state index >= 15 is 0 Å². The number of rotatable bonds is 2. The Bertz CT molecular complexity index is 487. The van der Waals surface area contributed by atoms with Crippen LogP contribution < -0.4 is 4.74 Å². The van der Waals surface area contributed by atoms with Crippen molar-refractivity contribution in [2.45, 2.75) is 0 Å². The average molecular weight is 213 g/mol. The number of hydrogen-bond acceptors (Lipinski definition) is 2. The Labute approximate surface area is 95.1 Å². The third-order valence-electron chi connectivity index (χ3n) is 2.47. The van der Waals surface area contributed by atoms with E-state index in [2.05, 4.69) is 6.92 Å². The quantitative estimate of drug-likeness (QED) is 0.829. The maximum atomic E-state index is 9.85. The molecule has 0 heterocycles. The first-order chi connectivity index (χ1) is 7.72. The second-order valence-electron chi connectivity index (χ2n) is 3.55. The van der Waals surface area contributed by atoms with Gasteiger partial charge in [-0.25, -0.2) is 0 Å². The smallest absolute Gasteiger partial charge is 0.130 e. The van der Waals surface area contributed by atoms with Gasteiger partial charge >= 0.3 is 0 Å². The van der Waals surface area contributed by atoms with E-state index in [1.165, 1.54) is 0 Å². The maximum absolute atomic E-state index is 9.85. The van der Waals surface area contributed by atoms with Gasteiger partial charge in [-0.1, -0.05) is 30.3 Å². The highest BCUT2D eigenvalue weighted by Crippen LogP contribution is 2.37. The molecule has 2 aromatic rings. The van der Waals surface area contributed by atoms with Crippen molar-refractivity contribution in [1.29, 1.82) is 0 Å². The molecule has 1 radical (unpaired) electrons. The molecule has 0 spiro atoms. The van der Waals surface area contributed by atoms with Crippen LogP contribution in [-0.2, 0) is 0 Å². The fourth-order valence-corrected chi connectivity index (χ4v) is 1.65. The van der Waals surface area contributed by atoms with Crippen LogP contribution in [0.15, 0.2) is 42.5 Å². The van der Waals surface area contributed by atoms with Gasteiger partial charge in [-0.3, -0.25) is 0 Å². The molecule has 2 heteroatoms. The highest BCUT2D eigenvalue weighted by molar-refractivity contribution is 5.76. The molecular weight excluding hydrogens is 200 g/mol. The predicted molar refractivity (Wildman–Crippen MR) is 64.6 cm³/mol. The second-order valence-corrected chi connectivity index (χ2v) is 3.55. The van der Waals surface area contributed by atoms with E-state index in [0.717, 1.165) is 11.1 Å². The molecule has 0 bridgehead atoms. The minimum atomic E-state index is 0.219. The fraction of sp³-hybridized carbons (Fsp3) is 0.0714. The van der Waals surface area contributed by atoms with Gasteiger partial charge in [-0.15, -0.1) is 0 Å². The molecule has 0 saturated carbocycles. The van der Waals surface area contributed by atoms with Crippen LogP contribution in [0.2, 0.25) is 0 Å². The Morgan fingerprint density at radius 3 is 2.38 bits per heavy atom. The van der Waals surface area contributed by atoms with Gasteiger partial charge in [-0.2, -0.15) is 0 Å². The Hall–Kier alpha value is -1.96. The number of methoxy groups -OCH3 is 1. The van der Waals surface area contributed by atoms with Crippen LogP contribution in [0.4, 0.5) is 0 Å². The van der Waals surface area contributed by atoms with Crippen molar-refractivity contribution in [2.75, 3.05) is 7.11 Å². The molecule has 0 unspecified atom stereocenters. The normalized spacial score (nSPS) is 10.1. The molecular formula is C14H13O2. The Balaban J connectivity index is 2.58. The van der Waals surface area contributed by atoms with Crippen LogP contribution in [0, 0.1) is 6.92 Å². The summed E-state index contributed by atoms with van der Waals surface area (Å²) in [5.41, 5.74) is 2.57. The zero-order chi connectivity index (χ0) is 11.5. The van der Waals surface area contributed by atoms with E-state index in [4.69, 9.17) is 4.74 Å². The SMILES string of the molecule is [CH2]c1ccc(-c2c(O)cccc2OC)cc1. The van der Waals surface area contributed by atoms with Crippen molar-refractivity contribution >= 4 is 0 Å². The molecule has 16 heavy (non-hydrogen) atoms.